The molecule has 2 heterocycles. The van der Waals surface area contributed by atoms with Gasteiger partial charge in [-0.3, -0.25) is 4.90 Å². The third kappa shape index (κ3) is 4.21. The number of nitrogens with two attached hydrogens (primary N) is 1. The number of piperidine rings is 1. The van der Waals surface area contributed by atoms with Crippen molar-refractivity contribution in [1.29, 1.82) is 0 Å². The van der Waals surface area contributed by atoms with Crippen molar-refractivity contribution in [3.05, 3.63) is 16.1 Å². The zero-order chi connectivity index (χ0) is 11.4. The maximum absolute atomic E-state index is 5.74. The van der Waals surface area contributed by atoms with E-state index in [0.717, 1.165) is 26.1 Å². The lowest BCUT2D eigenvalue weighted by Crippen LogP contribution is -2.37. The Morgan fingerprint density at radius 2 is 2.41 bits per heavy atom. The quantitative estimate of drug-likeness (QED) is 0.917. The molecule has 1 fully saturated rings. The van der Waals surface area contributed by atoms with E-state index in [0.29, 0.717) is 5.92 Å². The summed E-state index contributed by atoms with van der Waals surface area (Å²) < 4.78 is 0. The van der Waals surface area contributed by atoms with Gasteiger partial charge in [0.25, 0.3) is 0 Å². The lowest BCUT2D eigenvalue weighted by molar-refractivity contribution is 0.169. The zero-order valence-electron chi connectivity index (χ0n) is 10.4. The molecule has 0 spiro atoms. The van der Waals surface area contributed by atoms with E-state index in [1.54, 1.807) is 11.3 Å². The number of aromatic nitrogens is 1. The van der Waals surface area contributed by atoms with E-state index >= 15 is 0 Å². The number of rotatable bonds is 4. The van der Waals surface area contributed by atoms with E-state index in [1.165, 1.54) is 30.1 Å². The molecule has 1 unspecified atom stereocenters. The smallest absolute Gasteiger partial charge is 0.0926 e. The maximum Gasteiger partial charge on any atom is 0.0926 e. The Morgan fingerprint density at radius 1 is 1.59 bits per heavy atom. The first-order valence-corrected chi connectivity index (χ1v) is 7.05. The van der Waals surface area contributed by atoms with Crippen LogP contribution in [0.3, 0.4) is 0 Å². The summed E-state index contributed by atoms with van der Waals surface area (Å²) in [5.74, 6) is 0.693. The van der Waals surface area contributed by atoms with Gasteiger partial charge in [-0.25, -0.2) is 4.98 Å². The van der Waals surface area contributed by atoms with Crippen LogP contribution in [0.25, 0.3) is 0 Å². The highest BCUT2D eigenvalue weighted by Crippen LogP contribution is 2.18. The van der Waals surface area contributed by atoms with Crippen LogP contribution in [0.1, 0.15) is 30.5 Å². The molecule has 5 heteroatoms. The summed E-state index contributed by atoms with van der Waals surface area (Å²) in [4.78, 5) is 7.11. The Balaban J connectivity index is 0.00000144. The van der Waals surface area contributed by atoms with Crippen LogP contribution in [0, 0.1) is 5.92 Å². The van der Waals surface area contributed by atoms with Crippen molar-refractivity contribution in [2.75, 3.05) is 19.6 Å². The van der Waals surface area contributed by atoms with Crippen molar-refractivity contribution in [3.63, 3.8) is 0 Å². The van der Waals surface area contributed by atoms with Gasteiger partial charge in [0.15, 0.2) is 0 Å². The molecule has 0 saturated carbocycles. The summed E-state index contributed by atoms with van der Waals surface area (Å²) >= 11 is 1.78. The fourth-order valence-electron chi connectivity index (χ4n) is 2.30. The van der Waals surface area contributed by atoms with Gasteiger partial charge >= 0.3 is 0 Å². The molecule has 2 rings (SSSR count). The van der Waals surface area contributed by atoms with Gasteiger partial charge in [0.2, 0.25) is 0 Å². The molecule has 0 aliphatic carbocycles. The molecule has 0 aromatic carbocycles. The Morgan fingerprint density at radius 3 is 3.06 bits per heavy atom. The summed E-state index contributed by atoms with van der Waals surface area (Å²) in [6.45, 7) is 6.35. The number of aryl methyl sites for hydroxylation is 1. The summed E-state index contributed by atoms with van der Waals surface area (Å²) in [6.07, 6.45) is 3.63. The van der Waals surface area contributed by atoms with E-state index in [9.17, 15) is 0 Å². The summed E-state index contributed by atoms with van der Waals surface area (Å²) in [6, 6.07) is 0. The van der Waals surface area contributed by atoms with E-state index in [-0.39, 0.29) is 12.4 Å². The fourth-order valence-corrected chi connectivity index (χ4v) is 3.04. The molecule has 1 aromatic heterocycles. The number of halogens is 1. The van der Waals surface area contributed by atoms with Gasteiger partial charge in [-0.05, 0) is 38.3 Å². The normalized spacial score (nSPS) is 21.2. The maximum atomic E-state index is 5.74. The molecule has 3 nitrogen and oxygen atoms in total. The highest BCUT2D eigenvalue weighted by molar-refractivity contribution is 7.09. The summed E-state index contributed by atoms with van der Waals surface area (Å²) in [5.41, 5.74) is 6.98. The first-order chi connectivity index (χ1) is 7.81. The zero-order valence-corrected chi connectivity index (χ0v) is 12.0. The van der Waals surface area contributed by atoms with Crippen LogP contribution in [0.4, 0.5) is 0 Å². The Hall–Kier alpha value is -0.160. The topological polar surface area (TPSA) is 42.2 Å². The Bertz CT molecular complexity index is 329. The highest BCUT2D eigenvalue weighted by atomic mass is 35.5. The molecule has 1 aromatic rings. The van der Waals surface area contributed by atoms with E-state index in [1.807, 2.05) is 0 Å². The minimum absolute atomic E-state index is 0. The summed E-state index contributed by atoms with van der Waals surface area (Å²) in [7, 11) is 0. The number of likely N-dealkylation sites (tertiary alicyclic amines) is 1. The van der Waals surface area contributed by atoms with Crippen LogP contribution < -0.4 is 5.73 Å². The van der Waals surface area contributed by atoms with Crippen LogP contribution in [0.15, 0.2) is 5.38 Å². The molecule has 0 bridgehead atoms. The predicted molar refractivity (Wildman–Crippen MR) is 75.8 cm³/mol. The molecule has 98 valence electrons. The monoisotopic (exact) mass is 275 g/mol. The van der Waals surface area contributed by atoms with Gasteiger partial charge in [0, 0.05) is 18.5 Å². The van der Waals surface area contributed by atoms with Gasteiger partial charge in [0.1, 0.15) is 0 Å². The van der Waals surface area contributed by atoms with Crippen molar-refractivity contribution in [1.82, 2.24) is 9.88 Å². The van der Waals surface area contributed by atoms with Gasteiger partial charge < -0.3 is 5.73 Å². The van der Waals surface area contributed by atoms with Crippen LogP contribution in [-0.4, -0.2) is 29.5 Å². The largest absolute Gasteiger partial charge is 0.330 e. The van der Waals surface area contributed by atoms with E-state index in [2.05, 4.69) is 22.2 Å². The van der Waals surface area contributed by atoms with Crippen LogP contribution in [0.2, 0.25) is 0 Å². The van der Waals surface area contributed by atoms with Gasteiger partial charge in [-0.1, -0.05) is 6.92 Å². The van der Waals surface area contributed by atoms with Crippen molar-refractivity contribution < 1.29 is 0 Å². The minimum Gasteiger partial charge on any atom is -0.330 e. The summed E-state index contributed by atoms with van der Waals surface area (Å²) in [5, 5.41) is 3.45. The first-order valence-electron chi connectivity index (χ1n) is 6.17. The van der Waals surface area contributed by atoms with Crippen LogP contribution in [-0.2, 0) is 13.0 Å². The van der Waals surface area contributed by atoms with Crippen molar-refractivity contribution in [2.24, 2.45) is 11.7 Å². The average Bonchev–Trinajstić information content (AvgIpc) is 2.77. The number of hydrogen-bond acceptors (Lipinski definition) is 4. The molecule has 17 heavy (non-hydrogen) atoms. The standard InChI is InChI=1S/C12H21N3S.ClH/c1-2-12-14-11(9-16-12)8-15-5-3-4-10(6-13)7-15;/h9-10H,2-8,13H2,1H3;1H. The second-order valence-corrected chi connectivity index (χ2v) is 5.51. The number of nitrogens with zero attached hydrogens (tertiary/aromatic N) is 2. The molecule has 0 radical (unpaired) electrons. The van der Waals surface area contributed by atoms with Gasteiger partial charge in [-0.2, -0.15) is 0 Å². The van der Waals surface area contributed by atoms with Crippen LogP contribution >= 0.6 is 23.7 Å². The molecular weight excluding hydrogens is 254 g/mol. The van der Waals surface area contributed by atoms with Gasteiger partial charge in [-0.15, -0.1) is 23.7 Å². The molecule has 2 N–H and O–H groups in total. The SMILES string of the molecule is CCc1nc(CN2CCCC(CN)C2)cs1.Cl. The number of hydrogen-bond donors (Lipinski definition) is 1. The molecule has 1 aliphatic heterocycles. The van der Waals surface area contributed by atoms with E-state index in [4.69, 9.17) is 5.73 Å². The highest BCUT2D eigenvalue weighted by Gasteiger charge is 2.19. The Labute approximate surface area is 114 Å². The second-order valence-electron chi connectivity index (χ2n) is 4.57. The third-order valence-electron chi connectivity index (χ3n) is 3.22. The molecule has 1 atom stereocenters. The Kier molecular flexibility index (Phi) is 6.41. The molecule has 1 saturated heterocycles. The van der Waals surface area contributed by atoms with Gasteiger partial charge in [0.05, 0.1) is 10.7 Å². The van der Waals surface area contributed by atoms with Crippen molar-refractivity contribution in [2.45, 2.75) is 32.7 Å². The predicted octanol–water partition coefficient (Wildman–Crippen LogP) is 2.30. The number of thiazole rings is 1. The lowest BCUT2D eigenvalue weighted by atomic mass is 9.98. The first kappa shape index (κ1) is 14.9. The molecule has 0 amide bonds. The third-order valence-corrected chi connectivity index (χ3v) is 4.27. The lowest BCUT2D eigenvalue weighted by Gasteiger charge is -2.31. The molecular formula is C12H22ClN3S. The average molecular weight is 276 g/mol. The van der Waals surface area contributed by atoms with Crippen molar-refractivity contribution >= 4 is 23.7 Å². The van der Waals surface area contributed by atoms with Crippen LogP contribution in [0.5, 0.6) is 0 Å². The molecule has 1 aliphatic rings. The van der Waals surface area contributed by atoms with E-state index < -0.39 is 0 Å². The minimum atomic E-state index is 0. The second kappa shape index (κ2) is 7.31. The fraction of sp³-hybridized carbons (Fsp3) is 0.750. The van der Waals surface area contributed by atoms with Crippen molar-refractivity contribution in [3.8, 4) is 0 Å².